The molecule has 1 saturated heterocycles. The molecule has 1 aromatic heterocycles. The minimum absolute atomic E-state index is 0.349. The Hall–Kier alpha value is -0.140. The van der Waals surface area contributed by atoms with Gasteiger partial charge in [0.15, 0.2) is 0 Å². The number of thiophene rings is 1. The maximum atomic E-state index is 12.5. The topological polar surface area (TPSA) is 49.4 Å². The lowest BCUT2D eigenvalue weighted by Crippen LogP contribution is -2.42. The normalized spacial score (nSPS) is 21.7. The molecule has 0 bridgehead atoms. The number of hydrogen-bond donors (Lipinski definition) is 1. The summed E-state index contributed by atoms with van der Waals surface area (Å²) in [6, 6.07) is 3.23. The van der Waals surface area contributed by atoms with Crippen LogP contribution in [-0.2, 0) is 10.0 Å². The van der Waals surface area contributed by atoms with Crippen molar-refractivity contribution in [3.63, 3.8) is 0 Å². The molecule has 1 fully saturated rings. The van der Waals surface area contributed by atoms with E-state index in [2.05, 4.69) is 12.2 Å². The highest BCUT2D eigenvalue weighted by molar-refractivity contribution is 7.91. The molecule has 1 aromatic rings. The van der Waals surface area contributed by atoms with E-state index in [4.69, 9.17) is 11.6 Å². The third kappa shape index (κ3) is 3.70. The van der Waals surface area contributed by atoms with E-state index in [9.17, 15) is 8.42 Å². The Morgan fingerprint density at radius 1 is 1.53 bits per heavy atom. The monoisotopic (exact) mass is 322 g/mol. The Balaban J connectivity index is 2.08. The van der Waals surface area contributed by atoms with Crippen molar-refractivity contribution in [2.45, 2.75) is 24.0 Å². The van der Waals surface area contributed by atoms with Gasteiger partial charge in [0.2, 0.25) is 0 Å². The van der Waals surface area contributed by atoms with Gasteiger partial charge in [-0.15, -0.1) is 11.3 Å². The van der Waals surface area contributed by atoms with Gasteiger partial charge in [0.1, 0.15) is 4.21 Å². The summed E-state index contributed by atoms with van der Waals surface area (Å²) in [5, 5.41) is 3.29. The van der Waals surface area contributed by atoms with Crippen LogP contribution in [0, 0.1) is 5.92 Å². The second-order valence-electron chi connectivity index (χ2n) is 4.74. The van der Waals surface area contributed by atoms with Gasteiger partial charge in [0.25, 0.3) is 10.0 Å². The maximum Gasteiger partial charge on any atom is 0.252 e. The lowest BCUT2D eigenvalue weighted by Gasteiger charge is -2.31. The summed E-state index contributed by atoms with van der Waals surface area (Å²) in [6.45, 7) is 5.08. The minimum Gasteiger partial charge on any atom is -0.317 e. The van der Waals surface area contributed by atoms with Gasteiger partial charge in [0.05, 0.1) is 4.34 Å². The van der Waals surface area contributed by atoms with Crippen LogP contribution in [0.5, 0.6) is 0 Å². The van der Waals surface area contributed by atoms with Gasteiger partial charge in [0, 0.05) is 13.1 Å². The Labute approximate surface area is 123 Å². The molecule has 0 spiro atoms. The van der Waals surface area contributed by atoms with E-state index in [-0.39, 0.29) is 0 Å². The highest BCUT2D eigenvalue weighted by atomic mass is 35.5. The van der Waals surface area contributed by atoms with Crippen molar-refractivity contribution in [1.82, 2.24) is 9.62 Å². The second-order valence-corrected chi connectivity index (χ2v) is 8.62. The molecule has 0 aromatic carbocycles. The molecule has 1 unspecified atom stereocenters. The molecule has 1 aliphatic heterocycles. The van der Waals surface area contributed by atoms with Crippen LogP contribution < -0.4 is 5.32 Å². The summed E-state index contributed by atoms with van der Waals surface area (Å²) in [6.07, 6.45) is 2.01. The lowest BCUT2D eigenvalue weighted by molar-refractivity contribution is 0.261. The first-order valence-electron chi connectivity index (χ1n) is 6.50. The van der Waals surface area contributed by atoms with E-state index in [1.807, 2.05) is 0 Å². The molecular formula is C12H19ClN2O2S2. The van der Waals surface area contributed by atoms with Crippen LogP contribution in [0.3, 0.4) is 0 Å². The fraction of sp³-hybridized carbons (Fsp3) is 0.667. The van der Waals surface area contributed by atoms with Crippen LogP contribution in [0.25, 0.3) is 0 Å². The standard InChI is InChI=1S/C12H19ClN2O2S2/c1-2-14-8-10-4-3-7-15(9-10)19(16,17)12-6-5-11(13)18-12/h5-6,10,14H,2-4,7-9H2,1H3. The fourth-order valence-electron chi connectivity index (χ4n) is 2.32. The first kappa shape index (κ1) is 15.3. The highest BCUT2D eigenvalue weighted by Gasteiger charge is 2.30. The predicted molar refractivity (Wildman–Crippen MR) is 79.4 cm³/mol. The zero-order chi connectivity index (χ0) is 13.9. The average Bonchev–Trinajstić information content (AvgIpc) is 2.84. The van der Waals surface area contributed by atoms with Gasteiger partial charge >= 0.3 is 0 Å². The van der Waals surface area contributed by atoms with Crippen LogP contribution in [0.15, 0.2) is 16.3 Å². The van der Waals surface area contributed by atoms with Crippen molar-refractivity contribution in [2.75, 3.05) is 26.2 Å². The predicted octanol–water partition coefficient (Wildman–Crippen LogP) is 2.41. The van der Waals surface area contributed by atoms with Gasteiger partial charge in [-0.3, -0.25) is 0 Å². The summed E-state index contributed by atoms with van der Waals surface area (Å²) in [7, 11) is -3.36. The van der Waals surface area contributed by atoms with E-state index in [0.29, 0.717) is 27.6 Å². The maximum absolute atomic E-state index is 12.5. The zero-order valence-electron chi connectivity index (χ0n) is 10.9. The Kier molecular flexibility index (Phi) is 5.25. The zero-order valence-corrected chi connectivity index (χ0v) is 13.3. The summed E-state index contributed by atoms with van der Waals surface area (Å²) in [5.41, 5.74) is 0. The number of sulfonamides is 1. The minimum atomic E-state index is -3.36. The third-order valence-corrected chi connectivity index (χ3v) is 6.87. The molecule has 7 heteroatoms. The van der Waals surface area contributed by atoms with Crippen molar-refractivity contribution >= 4 is 33.0 Å². The number of halogens is 1. The molecule has 1 atom stereocenters. The van der Waals surface area contributed by atoms with E-state index in [1.165, 1.54) is 0 Å². The molecule has 0 saturated carbocycles. The van der Waals surface area contributed by atoms with Crippen molar-refractivity contribution in [3.05, 3.63) is 16.5 Å². The number of hydrogen-bond acceptors (Lipinski definition) is 4. The first-order chi connectivity index (χ1) is 9.04. The van der Waals surface area contributed by atoms with Crippen LogP contribution in [0.2, 0.25) is 4.34 Å². The third-order valence-electron chi connectivity index (χ3n) is 3.31. The lowest BCUT2D eigenvalue weighted by atomic mass is 10.00. The van der Waals surface area contributed by atoms with Gasteiger partial charge in [-0.1, -0.05) is 18.5 Å². The van der Waals surface area contributed by atoms with Crippen LogP contribution >= 0.6 is 22.9 Å². The van der Waals surface area contributed by atoms with Crippen molar-refractivity contribution in [1.29, 1.82) is 0 Å². The summed E-state index contributed by atoms with van der Waals surface area (Å²) < 4.78 is 27.4. The number of nitrogens with zero attached hydrogens (tertiary/aromatic N) is 1. The molecule has 0 amide bonds. The van der Waals surface area contributed by atoms with Gasteiger partial charge in [-0.2, -0.15) is 4.31 Å². The van der Waals surface area contributed by atoms with Gasteiger partial charge < -0.3 is 5.32 Å². The summed E-state index contributed by atoms with van der Waals surface area (Å²) >= 11 is 6.96. The van der Waals surface area contributed by atoms with Gasteiger partial charge in [-0.05, 0) is 44.0 Å². The molecule has 2 rings (SSSR count). The molecule has 1 aliphatic rings. The van der Waals surface area contributed by atoms with Crippen molar-refractivity contribution < 1.29 is 8.42 Å². The fourth-order valence-corrected chi connectivity index (χ4v) is 5.52. The Morgan fingerprint density at radius 3 is 2.95 bits per heavy atom. The molecule has 1 N–H and O–H groups in total. The van der Waals surface area contributed by atoms with E-state index in [1.54, 1.807) is 16.4 Å². The molecule has 2 heterocycles. The van der Waals surface area contributed by atoms with Gasteiger partial charge in [-0.25, -0.2) is 8.42 Å². The highest BCUT2D eigenvalue weighted by Crippen LogP contribution is 2.30. The Morgan fingerprint density at radius 2 is 2.32 bits per heavy atom. The smallest absolute Gasteiger partial charge is 0.252 e. The summed E-state index contributed by atoms with van der Waals surface area (Å²) in [4.78, 5) is 0. The van der Waals surface area contributed by atoms with Crippen LogP contribution in [0.4, 0.5) is 0 Å². The molecule has 0 radical (unpaired) electrons. The molecule has 108 valence electrons. The molecule has 0 aliphatic carbocycles. The first-order valence-corrected chi connectivity index (χ1v) is 9.13. The SMILES string of the molecule is CCNCC1CCCN(S(=O)(=O)c2ccc(Cl)s2)C1. The average molecular weight is 323 g/mol. The van der Waals surface area contributed by atoms with E-state index >= 15 is 0 Å². The van der Waals surface area contributed by atoms with Crippen molar-refractivity contribution in [3.8, 4) is 0 Å². The Bertz CT molecular complexity index is 516. The van der Waals surface area contributed by atoms with Crippen molar-refractivity contribution in [2.24, 2.45) is 5.92 Å². The van der Waals surface area contributed by atoms with E-state index in [0.717, 1.165) is 37.3 Å². The largest absolute Gasteiger partial charge is 0.317 e. The number of piperidine rings is 1. The van der Waals surface area contributed by atoms with Crippen LogP contribution in [0.1, 0.15) is 19.8 Å². The molecule has 4 nitrogen and oxygen atoms in total. The molecular weight excluding hydrogens is 304 g/mol. The summed E-state index contributed by atoms with van der Waals surface area (Å²) in [5.74, 6) is 0.402. The second kappa shape index (κ2) is 6.54. The van der Waals surface area contributed by atoms with Crippen LogP contribution in [-0.4, -0.2) is 38.9 Å². The van der Waals surface area contributed by atoms with E-state index < -0.39 is 10.0 Å². The molecule has 19 heavy (non-hydrogen) atoms. The quantitative estimate of drug-likeness (QED) is 0.905. The number of rotatable bonds is 5. The number of nitrogens with one attached hydrogen (secondary N) is 1.